The standard InChI is InChI=1S/C12H23N/c1-10(2)13(11(3)4)12-8-6-5-7-9-12/h8,10-11H,5-7,9H2,1-4H3. The Morgan fingerprint density at radius 1 is 1.08 bits per heavy atom. The number of rotatable bonds is 3. The first kappa shape index (κ1) is 10.6. The molecule has 0 fully saturated rings. The second kappa shape index (κ2) is 4.69. The largest absolute Gasteiger partial charge is 0.370 e. The zero-order chi connectivity index (χ0) is 9.84. The van der Waals surface area contributed by atoms with Gasteiger partial charge in [-0.25, -0.2) is 0 Å². The minimum absolute atomic E-state index is 0.643. The van der Waals surface area contributed by atoms with Crippen molar-refractivity contribution in [3.05, 3.63) is 11.8 Å². The molecule has 0 aromatic carbocycles. The molecule has 0 aliphatic heterocycles. The van der Waals surface area contributed by atoms with Gasteiger partial charge in [0, 0.05) is 17.8 Å². The van der Waals surface area contributed by atoms with Crippen LogP contribution in [0.25, 0.3) is 0 Å². The van der Waals surface area contributed by atoms with Gasteiger partial charge in [0.1, 0.15) is 0 Å². The Kier molecular flexibility index (Phi) is 3.83. The lowest BCUT2D eigenvalue weighted by Crippen LogP contribution is -2.36. The van der Waals surface area contributed by atoms with E-state index in [1.807, 2.05) is 0 Å². The molecule has 1 rings (SSSR count). The molecule has 0 spiro atoms. The van der Waals surface area contributed by atoms with Crippen molar-refractivity contribution >= 4 is 0 Å². The molecule has 0 atom stereocenters. The van der Waals surface area contributed by atoms with Gasteiger partial charge in [-0.1, -0.05) is 6.08 Å². The lowest BCUT2D eigenvalue weighted by atomic mass is 10.0. The SMILES string of the molecule is CC(C)N(C1=CCCCC1)C(C)C. The molecule has 1 nitrogen and oxygen atoms in total. The summed E-state index contributed by atoms with van der Waals surface area (Å²) in [5.74, 6) is 0. The third-order valence-electron chi connectivity index (χ3n) is 2.71. The third kappa shape index (κ3) is 2.75. The van der Waals surface area contributed by atoms with Crippen molar-refractivity contribution in [2.75, 3.05) is 0 Å². The molecule has 0 saturated heterocycles. The molecule has 0 radical (unpaired) electrons. The van der Waals surface area contributed by atoms with Crippen molar-refractivity contribution < 1.29 is 0 Å². The molecule has 0 bridgehead atoms. The van der Waals surface area contributed by atoms with Crippen molar-refractivity contribution in [3.63, 3.8) is 0 Å². The van der Waals surface area contributed by atoms with Crippen LogP contribution in [0.3, 0.4) is 0 Å². The summed E-state index contributed by atoms with van der Waals surface area (Å²) in [6.45, 7) is 9.15. The number of nitrogens with zero attached hydrogens (tertiary/aromatic N) is 1. The number of hydrogen-bond donors (Lipinski definition) is 0. The predicted octanol–water partition coefficient (Wildman–Crippen LogP) is 3.56. The lowest BCUT2D eigenvalue weighted by molar-refractivity contribution is 0.218. The first-order chi connectivity index (χ1) is 6.13. The highest BCUT2D eigenvalue weighted by Gasteiger charge is 2.17. The smallest absolute Gasteiger partial charge is 0.0233 e. The van der Waals surface area contributed by atoms with E-state index in [1.165, 1.54) is 25.7 Å². The van der Waals surface area contributed by atoms with E-state index in [0.717, 1.165) is 0 Å². The summed E-state index contributed by atoms with van der Waals surface area (Å²) >= 11 is 0. The van der Waals surface area contributed by atoms with Crippen LogP contribution < -0.4 is 0 Å². The Morgan fingerprint density at radius 2 is 1.69 bits per heavy atom. The summed E-state index contributed by atoms with van der Waals surface area (Å²) in [5.41, 5.74) is 1.58. The van der Waals surface area contributed by atoms with E-state index in [2.05, 4.69) is 38.7 Å². The maximum atomic E-state index is 2.55. The molecular formula is C12H23N. The van der Waals surface area contributed by atoms with Crippen LogP contribution in [0.1, 0.15) is 53.4 Å². The lowest BCUT2D eigenvalue weighted by Gasteiger charge is -2.36. The molecule has 1 aliphatic rings. The van der Waals surface area contributed by atoms with Crippen molar-refractivity contribution in [1.82, 2.24) is 4.90 Å². The molecule has 0 unspecified atom stereocenters. The van der Waals surface area contributed by atoms with Crippen molar-refractivity contribution in [2.45, 2.75) is 65.5 Å². The van der Waals surface area contributed by atoms with Gasteiger partial charge < -0.3 is 4.90 Å². The zero-order valence-electron chi connectivity index (χ0n) is 9.51. The van der Waals surface area contributed by atoms with Crippen LogP contribution in [0.15, 0.2) is 11.8 Å². The molecule has 13 heavy (non-hydrogen) atoms. The van der Waals surface area contributed by atoms with Crippen molar-refractivity contribution in [2.24, 2.45) is 0 Å². The van der Waals surface area contributed by atoms with E-state index in [-0.39, 0.29) is 0 Å². The predicted molar refractivity (Wildman–Crippen MR) is 58.7 cm³/mol. The molecule has 0 aromatic rings. The maximum absolute atomic E-state index is 2.55. The van der Waals surface area contributed by atoms with Gasteiger partial charge in [0.05, 0.1) is 0 Å². The van der Waals surface area contributed by atoms with Crippen LogP contribution in [0.4, 0.5) is 0 Å². The fraction of sp³-hybridized carbons (Fsp3) is 0.833. The van der Waals surface area contributed by atoms with Gasteiger partial charge in [-0.2, -0.15) is 0 Å². The summed E-state index contributed by atoms with van der Waals surface area (Å²) < 4.78 is 0. The molecule has 0 heterocycles. The van der Waals surface area contributed by atoms with Gasteiger partial charge in [0.2, 0.25) is 0 Å². The summed E-state index contributed by atoms with van der Waals surface area (Å²) in [5, 5.41) is 0. The average Bonchev–Trinajstić information content (AvgIpc) is 2.04. The van der Waals surface area contributed by atoms with E-state index in [0.29, 0.717) is 12.1 Å². The summed E-state index contributed by atoms with van der Waals surface area (Å²) in [7, 11) is 0. The molecule has 1 aliphatic carbocycles. The molecule has 0 aromatic heterocycles. The van der Waals surface area contributed by atoms with E-state index in [1.54, 1.807) is 5.70 Å². The summed E-state index contributed by atoms with van der Waals surface area (Å²) in [6, 6.07) is 1.29. The minimum atomic E-state index is 0.643. The molecule has 1 heteroatoms. The quantitative estimate of drug-likeness (QED) is 0.643. The Bertz CT molecular complexity index is 172. The number of allylic oxidation sites excluding steroid dienone is 2. The second-order valence-electron chi connectivity index (χ2n) is 4.54. The number of hydrogen-bond acceptors (Lipinski definition) is 1. The zero-order valence-corrected chi connectivity index (χ0v) is 9.51. The van der Waals surface area contributed by atoms with Gasteiger partial charge in [0.25, 0.3) is 0 Å². The van der Waals surface area contributed by atoms with Crippen molar-refractivity contribution in [3.8, 4) is 0 Å². The minimum Gasteiger partial charge on any atom is -0.370 e. The van der Waals surface area contributed by atoms with E-state index >= 15 is 0 Å². The van der Waals surface area contributed by atoms with Crippen LogP contribution in [0.2, 0.25) is 0 Å². The fourth-order valence-corrected chi connectivity index (χ4v) is 2.32. The first-order valence-electron chi connectivity index (χ1n) is 5.60. The second-order valence-corrected chi connectivity index (χ2v) is 4.54. The monoisotopic (exact) mass is 181 g/mol. The Hall–Kier alpha value is -0.460. The Morgan fingerprint density at radius 3 is 2.08 bits per heavy atom. The van der Waals surface area contributed by atoms with Gasteiger partial charge in [-0.3, -0.25) is 0 Å². The Balaban J connectivity index is 2.68. The highest BCUT2D eigenvalue weighted by Crippen LogP contribution is 2.24. The third-order valence-corrected chi connectivity index (χ3v) is 2.71. The van der Waals surface area contributed by atoms with Crippen LogP contribution in [-0.2, 0) is 0 Å². The van der Waals surface area contributed by atoms with Gasteiger partial charge in [-0.15, -0.1) is 0 Å². The van der Waals surface area contributed by atoms with Gasteiger partial charge in [-0.05, 0) is 53.4 Å². The maximum Gasteiger partial charge on any atom is 0.0233 e. The van der Waals surface area contributed by atoms with Gasteiger partial charge >= 0.3 is 0 Å². The van der Waals surface area contributed by atoms with E-state index < -0.39 is 0 Å². The van der Waals surface area contributed by atoms with Crippen LogP contribution in [0, 0.1) is 0 Å². The average molecular weight is 181 g/mol. The van der Waals surface area contributed by atoms with Crippen LogP contribution in [0.5, 0.6) is 0 Å². The molecule has 76 valence electrons. The van der Waals surface area contributed by atoms with Gasteiger partial charge in [0.15, 0.2) is 0 Å². The van der Waals surface area contributed by atoms with Crippen LogP contribution in [-0.4, -0.2) is 17.0 Å². The summed E-state index contributed by atoms with van der Waals surface area (Å²) in [4.78, 5) is 2.55. The fourth-order valence-electron chi connectivity index (χ4n) is 2.32. The van der Waals surface area contributed by atoms with E-state index in [4.69, 9.17) is 0 Å². The molecule has 0 saturated carbocycles. The molecule has 0 amide bonds. The first-order valence-corrected chi connectivity index (χ1v) is 5.60. The molecule has 0 N–H and O–H groups in total. The van der Waals surface area contributed by atoms with Crippen molar-refractivity contribution in [1.29, 1.82) is 0 Å². The summed E-state index contributed by atoms with van der Waals surface area (Å²) in [6.07, 6.45) is 7.76. The highest BCUT2D eigenvalue weighted by molar-refractivity contribution is 5.06. The topological polar surface area (TPSA) is 3.24 Å². The Labute approximate surface area is 82.8 Å². The van der Waals surface area contributed by atoms with Crippen LogP contribution >= 0.6 is 0 Å². The normalized spacial score (nSPS) is 17.8. The van der Waals surface area contributed by atoms with E-state index in [9.17, 15) is 0 Å². The molecular weight excluding hydrogens is 158 g/mol. The highest BCUT2D eigenvalue weighted by atomic mass is 15.2.